The quantitative estimate of drug-likeness (QED) is 0.575. The highest BCUT2D eigenvalue weighted by Gasteiger charge is 2.16. The second-order valence-corrected chi connectivity index (χ2v) is 2.57. The molecule has 1 aromatic rings. The molecule has 16 heavy (non-hydrogen) atoms. The van der Waals surface area contributed by atoms with Crippen molar-refractivity contribution in [3.8, 4) is 11.9 Å². The molecule has 0 radical (unpaired) electrons. The third-order valence-electron chi connectivity index (χ3n) is 1.49. The molecule has 1 aromatic heterocycles. The fourth-order valence-corrected chi connectivity index (χ4v) is 0.880. The highest BCUT2D eigenvalue weighted by atomic mass is 16.6. The van der Waals surface area contributed by atoms with E-state index in [0.717, 1.165) is 12.1 Å². The number of carboxylic acids is 1. The number of carbonyl (C=O) groups is 1. The second kappa shape index (κ2) is 4.70. The van der Waals surface area contributed by atoms with Crippen molar-refractivity contribution in [3.05, 3.63) is 27.9 Å². The lowest BCUT2D eigenvalue weighted by atomic mass is 10.3. The predicted molar refractivity (Wildman–Crippen MR) is 48.7 cm³/mol. The van der Waals surface area contributed by atoms with Crippen LogP contribution in [0.3, 0.4) is 0 Å². The molecule has 0 spiro atoms. The maximum Gasteiger partial charge on any atom is 0.341 e. The summed E-state index contributed by atoms with van der Waals surface area (Å²) in [6.07, 6.45) is 0. The molecule has 8 heteroatoms. The average Bonchev–Trinajstić information content (AvgIpc) is 2.25. The highest BCUT2D eigenvalue weighted by molar-refractivity contribution is 5.68. The number of carboxylic acid groups (broad SMARTS) is 1. The zero-order valence-electron chi connectivity index (χ0n) is 7.78. The molecule has 0 bridgehead atoms. The van der Waals surface area contributed by atoms with Gasteiger partial charge in [-0.3, -0.25) is 10.1 Å². The predicted octanol–water partition coefficient (Wildman–Crippen LogP) is 0.325. The number of nitrogens with zero attached hydrogens (tertiary/aromatic N) is 3. The largest absolute Gasteiger partial charge is 0.479 e. The van der Waals surface area contributed by atoms with Crippen LogP contribution in [0.15, 0.2) is 12.1 Å². The molecule has 0 aliphatic carbocycles. The van der Waals surface area contributed by atoms with Crippen LogP contribution in [0.1, 0.15) is 5.69 Å². The van der Waals surface area contributed by atoms with E-state index >= 15 is 0 Å². The van der Waals surface area contributed by atoms with Crippen molar-refractivity contribution in [1.29, 1.82) is 5.26 Å². The fourth-order valence-electron chi connectivity index (χ4n) is 0.880. The first-order valence-corrected chi connectivity index (χ1v) is 3.94. The van der Waals surface area contributed by atoms with E-state index in [1.165, 1.54) is 6.07 Å². The molecule has 0 saturated carbocycles. The molecule has 1 rings (SSSR count). The number of aromatic nitrogens is 1. The fraction of sp³-hybridized carbons (Fsp3) is 0.125. The first kappa shape index (κ1) is 11.4. The highest BCUT2D eigenvalue weighted by Crippen LogP contribution is 2.19. The van der Waals surface area contributed by atoms with Crippen LogP contribution in [0.4, 0.5) is 5.69 Å². The summed E-state index contributed by atoms with van der Waals surface area (Å²) in [6, 6.07) is 3.68. The smallest absolute Gasteiger partial charge is 0.341 e. The van der Waals surface area contributed by atoms with Crippen LogP contribution < -0.4 is 4.74 Å². The monoisotopic (exact) mass is 223 g/mol. The van der Waals surface area contributed by atoms with Gasteiger partial charge in [0.2, 0.25) is 11.6 Å². The van der Waals surface area contributed by atoms with E-state index in [0.29, 0.717) is 0 Å². The van der Waals surface area contributed by atoms with E-state index < -0.39 is 28.9 Å². The van der Waals surface area contributed by atoms with E-state index in [2.05, 4.69) is 9.72 Å². The molecule has 0 unspecified atom stereocenters. The summed E-state index contributed by atoms with van der Waals surface area (Å²) in [7, 11) is 0. The van der Waals surface area contributed by atoms with Crippen LogP contribution in [-0.2, 0) is 4.79 Å². The van der Waals surface area contributed by atoms with E-state index in [-0.39, 0.29) is 5.88 Å². The van der Waals surface area contributed by atoms with Gasteiger partial charge in [0.05, 0.1) is 4.92 Å². The lowest BCUT2D eigenvalue weighted by molar-refractivity contribution is -0.385. The van der Waals surface area contributed by atoms with Crippen LogP contribution >= 0.6 is 0 Å². The molecular weight excluding hydrogens is 218 g/mol. The Hall–Kier alpha value is -2.69. The molecule has 0 atom stereocenters. The van der Waals surface area contributed by atoms with Gasteiger partial charge >= 0.3 is 11.7 Å². The van der Waals surface area contributed by atoms with Crippen LogP contribution in [-0.4, -0.2) is 27.6 Å². The Balaban J connectivity index is 2.96. The van der Waals surface area contributed by atoms with Crippen molar-refractivity contribution in [1.82, 2.24) is 4.98 Å². The Morgan fingerprint density at radius 1 is 1.69 bits per heavy atom. The summed E-state index contributed by atoms with van der Waals surface area (Å²) in [6.45, 7) is -0.629. The number of hydrogen-bond acceptors (Lipinski definition) is 6. The molecule has 0 aliphatic heterocycles. The third kappa shape index (κ3) is 2.65. The number of rotatable bonds is 4. The van der Waals surface area contributed by atoms with Gasteiger partial charge in [-0.1, -0.05) is 0 Å². The Morgan fingerprint density at radius 2 is 2.38 bits per heavy atom. The number of pyridine rings is 1. The van der Waals surface area contributed by atoms with Crippen molar-refractivity contribution >= 4 is 11.7 Å². The third-order valence-corrected chi connectivity index (χ3v) is 1.49. The van der Waals surface area contributed by atoms with Crippen LogP contribution in [0, 0.1) is 21.4 Å². The van der Waals surface area contributed by atoms with Crippen molar-refractivity contribution in [3.63, 3.8) is 0 Å². The van der Waals surface area contributed by atoms with E-state index in [9.17, 15) is 14.9 Å². The molecule has 0 saturated heterocycles. The Bertz CT molecular complexity index is 479. The summed E-state index contributed by atoms with van der Waals surface area (Å²) in [4.78, 5) is 23.4. The van der Waals surface area contributed by atoms with E-state index in [4.69, 9.17) is 10.4 Å². The van der Waals surface area contributed by atoms with Gasteiger partial charge in [-0.05, 0) is 0 Å². The topological polar surface area (TPSA) is 126 Å². The molecule has 0 amide bonds. The Labute approximate surface area is 88.9 Å². The molecule has 8 nitrogen and oxygen atoms in total. The van der Waals surface area contributed by atoms with Gasteiger partial charge in [0.25, 0.3) is 0 Å². The van der Waals surface area contributed by atoms with Gasteiger partial charge in [-0.25, -0.2) is 4.79 Å². The van der Waals surface area contributed by atoms with Crippen LogP contribution in [0.2, 0.25) is 0 Å². The number of nitro groups is 1. The van der Waals surface area contributed by atoms with Crippen LogP contribution in [0.5, 0.6) is 5.88 Å². The minimum atomic E-state index is -1.21. The standard InChI is InChI=1S/C8H5N3O5/c9-3-5-6(11(14)15)1-2-7(10-5)16-4-8(12)13/h1-2H,4H2,(H,12,13). The molecule has 0 fully saturated rings. The molecule has 0 aromatic carbocycles. The summed E-state index contributed by atoms with van der Waals surface area (Å²) in [5, 5.41) is 27.3. The van der Waals surface area contributed by atoms with Gasteiger partial charge in [0.15, 0.2) is 6.61 Å². The lowest BCUT2D eigenvalue weighted by Crippen LogP contribution is -2.10. The summed E-state index contributed by atoms with van der Waals surface area (Å²) >= 11 is 0. The van der Waals surface area contributed by atoms with Crippen molar-refractivity contribution in [2.45, 2.75) is 0 Å². The maximum atomic E-state index is 10.4. The van der Waals surface area contributed by atoms with Crippen molar-refractivity contribution < 1.29 is 19.6 Å². The first-order valence-electron chi connectivity index (χ1n) is 3.94. The number of nitriles is 1. The summed E-state index contributed by atoms with van der Waals surface area (Å²) < 4.78 is 4.66. The minimum Gasteiger partial charge on any atom is -0.479 e. The van der Waals surface area contributed by atoms with Crippen LogP contribution in [0.25, 0.3) is 0 Å². The van der Waals surface area contributed by atoms with Gasteiger partial charge in [-0.2, -0.15) is 10.2 Å². The van der Waals surface area contributed by atoms with Crippen molar-refractivity contribution in [2.75, 3.05) is 6.61 Å². The minimum absolute atomic E-state index is 0.149. The molecule has 1 N–H and O–H groups in total. The summed E-state index contributed by atoms with van der Waals surface area (Å²) in [5.41, 5.74) is -0.877. The molecule has 82 valence electrons. The summed E-state index contributed by atoms with van der Waals surface area (Å²) in [5.74, 6) is -1.36. The second-order valence-electron chi connectivity index (χ2n) is 2.57. The maximum absolute atomic E-state index is 10.4. The first-order chi connectivity index (χ1) is 7.54. The van der Waals surface area contributed by atoms with Gasteiger partial charge in [-0.15, -0.1) is 0 Å². The number of hydrogen-bond donors (Lipinski definition) is 1. The zero-order valence-corrected chi connectivity index (χ0v) is 7.78. The SMILES string of the molecule is N#Cc1nc(OCC(=O)O)ccc1[N+](=O)[O-]. The van der Waals surface area contributed by atoms with E-state index in [1.807, 2.05) is 0 Å². The number of aliphatic carboxylic acids is 1. The molecular formula is C8H5N3O5. The molecule has 0 aliphatic rings. The van der Waals surface area contributed by atoms with Gasteiger partial charge in [0.1, 0.15) is 6.07 Å². The normalized spacial score (nSPS) is 9.19. The zero-order chi connectivity index (χ0) is 12.1. The van der Waals surface area contributed by atoms with Crippen molar-refractivity contribution in [2.24, 2.45) is 0 Å². The lowest BCUT2D eigenvalue weighted by Gasteiger charge is -2.01. The molecule has 1 heterocycles. The average molecular weight is 223 g/mol. The Kier molecular flexibility index (Phi) is 3.34. The van der Waals surface area contributed by atoms with Gasteiger partial charge in [0, 0.05) is 12.1 Å². The van der Waals surface area contributed by atoms with E-state index in [1.54, 1.807) is 0 Å². The number of ether oxygens (including phenoxy) is 1. The van der Waals surface area contributed by atoms with Gasteiger partial charge < -0.3 is 9.84 Å². The Morgan fingerprint density at radius 3 is 2.88 bits per heavy atom.